The average molecular weight is 235 g/mol. The molecule has 1 aliphatic heterocycles. The molecule has 1 saturated heterocycles. The fourth-order valence-electron chi connectivity index (χ4n) is 2.06. The predicted octanol–water partition coefficient (Wildman–Crippen LogP) is 2.44. The first-order valence-electron chi connectivity index (χ1n) is 6.55. The lowest BCUT2D eigenvalue weighted by atomic mass is 10.2. The lowest BCUT2D eigenvalue weighted by molar-refractivity contribution is 0.360. The third kappa shape index (κ3) is 3.93. The smallest absolute Gasteiger partial charge is 0.0600 e. The molecule has 0 radical (unpaired) electrons. The number of benzene rings is 1. The fourth-order valence-corrected chi connectivity index (χ4v) is 2.06. The third-order valence-electron chi connectivity index (χ3n) is 3.00. The van der Waals surface area contributed by atoms with Crippen molar-refractivity contribution in [3.05, 3.63) is 24.3 Å². The van der Waals surface area contributed by atoms with Crippen LogP contribution in [0.1, 0.15) is 20.3 Å². The standard InChI is InChI=1S/C12H19N3.C2H6/c1-14-7-4-8-15(10-9-14)12-6-3-2-5-11(12)13;1-2/h2-3,5-6H,4,7-10,13H2,1H3;1-2H3. The lowest BCUT2D eigenvalue weighted by Gasteiger charge is -2.24. The number of hydrogen-bond acceptors (Lipinski definition) is 3. The highest BCUT2D eigenvalue weighted by Gasteiger charge is 2.13. The summed E-state index contributed by atoms with van der Waals surface area (Å²) in [6.07, 6.45) is 1.21. The second kappa shape index (κ2) is 7.17. The second-order valence-corrected chi connectivity index (χ2v) is 4.20. The number of nitrogens with zero attached hydrogens (tertiary/aromatic N) is 2. The maximum atomic E-state index is 5.98. The highest BCUT2D eigenvalue weighted by molar-refractivity contribution is 5.67. The average Bonchev–Trinajstić information content (AvgIpc) is 2.57. The van der Waals surface area contributed by atoms with E-state index in [2.05, 4.69) is 29.0 Å². The maximum absolute atomic E-state index is 5.98. The number of hydrogen-bond donors (Lipinski definition) is 1. The van der Waals surface area contributed by atoms with E-state index in [4.69, 9.17) is 5.73 Å². The van der Waals surface area contributed by atoms with Crippen LogP contribution in [0.5, 0.6) is 0 Å². The van der Waals surface area contributed by atoms with Gasteiger partial charge in [0.25, 0.3) is 0 Å². The van der Waals surface area contributed by atoms with E-state index in [1.807, 2.05) is 26.0 Å². The molecular weight excluding hydrogens is 210 g/mol. The third-order valence-corrected chi connectivity index (χ3v) is 3.00. The van der Waals surface area contributed by atoms with Gasteiger partial charge in [-0.25, -0.2) is 0 Å². The molecule has 1 heterocycles. The van der Waals surface area contributed by atoms with Gasteiger partial charge >= 0.3 is 0 Å². The van der Waals surface area contributed by atoms with E-state index in [-0.39, 0.29) is 0 Å². The van der Waals surface area contributed by atoms with Crippen LogP contribution in [0.15, 0.2) is 24.3 Å². The largest absolute Gasteiger partial charge is 0.397 e. The number of anilines is 2. The molecule has 96 valence electrons. The highest BCUT2D eigenvalue weighted by Crippen LogP contribution is 2.23. The van der Waals surface area contributed by atoms with Crippen LogP contribution in [0.4, 0.5) is 11.4 Å². The predicted molar refractivity (Wildman–Crippen MR) is 76.5 cm³/mol. The van der Waals surface area contributed by atoms with Crippen molar-refractivity contribution in [2.45, 2.75) is 20.3 Å². The summed E-state index contributed by atoms with van der Waals surface area (Å²) < 4.78 is 0. The van der Waals surface area contributed by atoms with Gasteiger partial charge in [-0.15, -0.1) is 0 Å². The van der Waals surface area contributed by atoms with Gasteiger partial charge in [0, 0.05) is 19.6 Å². The van der Waals surface area contributed by atoms with Crippen LogP contribution in [-0.4, -0.2) is 38.1 Å². The molecule has 1 aromatic rings. The van der Waals surface area contributed by atoms with Crippen LogP contribution in [0.25, 0.3) is 0 Å². The molecule has 0 unspecified atom stereocenters. The number of nitrogen functional groups attached to an aromatic ring is 1. The Hall–Kier alpha value is -1.22. The van der Waals surface area contributed by atoms with E-state index < -0.39 is 0 Å². The van der Waals surface area contributed by atoms with Crippen molar-refractivity contribution in [2.75, 3.05) is 43.9 Å². The second-order valence-electron chi connectivity index (χ2n) is 4.20. The van der Waals surface area contributed by atoms with Crippen molar-refractivity contribution in [2.24, 2.45) is 0 Å². The van der Waals surface area contributed by atoms with Gasteiger partial charge in [-0.1, -0.05) is 26.0 Å². The van der Waals surface area contributed by atoms with E-state index in [0.29, 0.717) is 0 Å². The molecule has 17 heavy (non-hydrogen) atoms. The Bertz CT molecular complexity index is 325. The van der Waals surface area contributed by atoms with Crippen molar-refractivity contribution >= 4 is 11.4 Å². The van der Waals surface area contributed by atoms with Crippen LogP contribution in [0, 0.1) is 0 Å². The first-order valence-corrected chi connectivity index (χ1v) is 6.55. The van der Waals surface area contributed by atoms with Crippen LogP contribution < -0.4 is 10.6 Å². The molecule has 0 atom stereocenters. The summed E-state index contributed by atoms with van der Waals surface area (Å²) >= 11 is 0. The molecule has 0 bridgehead atoms. The quantitative estimate of drug-likeness (QED) is 0.759. The van der Waals surface area contributed by atoms with Crippen LogP contribution in [-0.2, 0) is 0 Å². The molecule has 0 saturated carbocycles. The van der Waals surface area contributed by atoms with Crippen molar-refractivity contribution in [3.8, 4) is 0 Å². The van der Waals surface area contributed by atoms with Gasteiger partial charge in [0.1, 0.15) is 0 Å². The van der Waals surface area contributed by atoms with Crippen LogP contribution >= 0.6 is 0 Å². The van der Waals surface area contributed by atoms with Crippen molar-refractivity contribution in [3.63, 3.8) is 0 Å². The van der Waals surface area contributed by atoms with E-state index in [1.54, 1.807) is 0 Å². The SMILES string of the molecule is CC.CN1CCCN(c2ccccc2N)CC1. The maximum Gasteiger partial charge on any atom is 0.0600 e. The molecule has 2 N–H and O–H groups in total. The molecule has 1 aromatic carbocycles. The lowest BCUT2D eigenvalue weighted by Crippen LogP contribution is -2.29. The zero-order chi connectivity index (χ0) is 12.7. The highest BCUT2D eigenvalue weighted by atomic mass is 15.2. The zero-order valence-electron chi connectivity index (χ0n) is 11.3. The Balaban J connectivity index is 0.000000686. The molecule has 0 spiro atoms. The van der Waals surface area contributed by atoms with Gasteiger partial charge in [-0.2, -0.15) is 0 Å². The van der Waals surface area contributed by atoms with Gasteiger partial charge in [0.05, 0.1) is 11.4 Å². The van der Waals surface area contributed by atoms with E-state index >= 15 is 0 Å². The monoisotopic (exact) mass is 235 g/mol. The summed E-state index contributed by atoms with van der Waals surface area (Å²) in [7, 11) is 2.18. The summed E-state index contributed by atoms with van der Waals surface area (Å²) in [5.74, 6) is 0. The molecular formula is C14H25N3. The Kier molecular flexibility index (Phi) is 5.84. The summed E-state index contributed by atoms with van der Waals surface area (Å²) in [6.45, 7) is 8.49. The fraction of sp³-hybridized carbons (Fsp3) is 0.571. The molecule has 3 nitrogen and oxygen atoms in total. The molecule has 0 amide bonds. The van der Waals surface area contributed by atoms with Crippen molar-refractivity contribution in [1.82, 2.24) is 4.90 Å². The number of rotatable bonds is 1. The van der Waals surface area contributed by atoms with Gasteiger partial charge < -0.3 is 15.5 Å². The first kappa shape index (κ1) is 13.8. The topological polar surface area (TPSA) is 32.5 Å². The van der Waals surface area contributed by atoms with Crippen molar-refractivity contribution in [1.29, 1.82) is 0 Å². The minimum absolute atomic E-state index is 0.891. The summed E-state index contributed by atoms with van der Waals surface area (Å²) in [6, 6.07) is 8.13. The first-order chi connectivity index (χ1) is 8.27. The molecule has 1 aliphatic rings. The van der Waals surface area contributed by atoms with Gasteiger partial charge in [-0.3, -0.25) is 0 Å². The van der Waals surface area contributed by atoms with E-state index in [9.17, 15) is 0 Å². The van der Waals surface area contributed by atoms with E-state index in [0.717, 1.165) is 25.3 Å². The van der Waals surface area contributed by atoms with Crippen molar-refractivity contribution < 1.29 is 0 Å². The number of para-hydroxylation sites is 2. The number of likely N-dealkylation sites (N-methyl/N-ethyl adjacent to an activating group) is 1. The molecule has 1 fully saturated rings. The van der Waals surface area contributed by atoms with Gasteiger partial charge in [-0.05, 0) is 32.1 Å². The summed E-state index contributed by atoms with van der Waals surface area (Å²) in [5, 5.41) is 0. The Morgan fingerprint density at radius 3 is 2.41 bits per heavy atom. The Morgan fingerprint density at radius 2 is 1.71 bits per heavy atom. The Labute approximate surface area is 105 Å². The molecule has 0 aromatic heterocycles. The minimum Gasteiger partial charge on any atom is -0.397 e. The minimum atomic E-state index is 0.891. The normalized spacial score (nSPS) is 17.0. The summed E-state index contributed by atoms with van der Waals surface area (Å²) in [4.78, 5) is 4.76. The summed E-state index contributed by atoms with van der Waals surface area (Å²) in [5.41, 5.74) is 8.06. The number of nitrogens with two attached hydrogens (primary N) is 1. The van der Waals surface area contributed by atoms with E-state index in [1.165, 1.54) is 18.7 Å². The van der Waals surface area contributed by atoms with Crippen LogP contribution in [0.2, 0.25) is 0 Å². The van der Waals surface area contributed by atoms with Crippen LogP contribution in [0.3, 0.4) is 0 Å². The molecule has 3 heteroatoms. The molecule has 2 rings (SSSR count). The Morgan fingerprint density at radius 1 is 1.00 bits per heavy atom. The molecule has 0 aliphatic carbocycles. The van der Waals surface area contributed by atoms with Gasteiger partial charge in [0.15, 0.2) is 0 Å². The van der Waals surface area contributed by atoms with Gasteiger partial charge in [0.2, 0.25) is 0 Å². The zero-order valence-corrected chi connectivity index (χ0v) is 11.3.